The summed E-state index contributed by atoms with van der Waals surface area (Å²) in [5, 5.41) is 0. The van der Waals surface area contributed by atoms with Gasteiger partial charge < -0.3 is 28.5 Å². The van der Waals surface area contributed by atoms with Gasteiger partial charge in [0.15, 0.2) is 0 Å². The maximum atomic E-state index is 2.46. The second-order valence-corrected chi connectivity index (χ2v) is 6.60. The summed E-state index contributed by atoms with van der Waals surface area (Å²) in [6.45, 7) is 1.16. The van der Waals surface area contributed by atoms with E-state index >= 15 is 0 Å². The monoisotopic (exact) mass is 519 g/mol. The highest BCUT2D eigenvalue weighted by atomic mass is 127. The Balaban J connectivity index is 0.00000242. The predicted molar refractivity (Wildman–Crippen MR) is 100 cm³/mol. The molecular weight excluding hydrogens is 496 g/mol. The highest BCUT2D eigenvalue weighted by Gasteiger charge is 2.11. The number of halogens is 2. The predicted octanol–water partition coefficient (Wildman–Crippen LogP) is 1.98. The lowest BCUT2D eigenvalue weighted by Crippen LogP contribution is -3.00. The fourth-order valence-electron chi connectivity index (χ4n) is 2.26. The molecule has 0 aliphatic rings. The molecule has 0 atom stereocenters. The maximum Gasteiger partial charge on any atom is 0.129 e. The lowest BCUT2D eigenvalue weighted by atomic mass is 9.97. The number of hydrogen-bond donors (Lipinski definition) is 0. The van der Waals surface area contributed by atoms with Crippen LogP contribution in [0.4, 0.5) is 0 Å². The van der Waals surface area contributed by atoms with Crippen LogP contribution in [-0.2, 0) is 0 Å². The van der Waals surface area contributed by atoms with E-state index in [0.717, 1.165) is 22.0 Å². The van der Waals surface area contributed by atoms with Gasteiger partial charge in [0.25, 0.3) is 0 Å². The van der Waals surface area contributed by atoms with Gasteiger partial charge in [0.2, 0.25) is 0 Å². The van der Waals surface area contributed by atoms with Crippen LogP contribution >= 0.6 is 22.6 Å². The van der Waals surface area contributed by atoms with E-state index in [1.165, 1.54) is 16.7 Å². The summed E-state index contributed by atoms with van der Waals surface area (Å²) in [4.78, 5) is 0. The van der Waals surface area contributed by atoms with Gasteiger partial charge in [0.1, 0.15) is 4.55 Å². The van der Waals surface area contributed by atoms with Crippen LogP contribution < -0.4 is 24.0 Å². The van der Waals surface area contributed by atoms with Crippen molar-refractivity contribution >= 4 is 28.2 Å². The van der Waals surface area contributed by atoms with Gasteiger partial charge in [-0.1, -0.05) is 66.7 Å². The Kier molecular flexibility index (Phi) is 8.64. The topological polar surface area (TPSA) is 0 Å². The largest absolute Gasteiger partial charge is 1.00 e. The summed E-state index contributed by atoms with van der Waals surface area (Å²) in [6, 6.07) is 21.3. The lowest BCUT2D eigenvalue weighted by molar-refractivity contribution is -0.873. The Morgan fingerprint density at radius 1 is 0.909 bits per heavy atom. The number of nitrogens with zero attached hydrogens (tertiary/aromatic N) is 1. The average Bonchev–Trinajstić information content (AvgIpc) is 2.53. The molecular formula is C19H23I2N. The molecule has 0 amide bonds. The number of quaternary nitrogens is 1. The van der Waals surface area contributed by atoms with Crippen LogP contribution in [0, 0.1) is 0 Å². The molecule has 0 bridgehead atoms. The zero-order valence-corrected chi connectivity index (χ0v) is 17.5. The summed E-state index contributed by atoms with van der Waals surface area (Å²) in [6.07, 6.45) is 3.48. The second-order valence-electron chi connectivity index (χ2n) is 5.92. The molecule has 2 rings (SSSR count). The number of benzene rings is 2. The van der Waals surface area contributed by atoms with E-state index in [4.69, 9.17) is 0 Å². The molecule has 22 heavy (non-hydrogen) atoms. The van der Waals surface area contributed by atoms with Crippen LogP contribution in [0.15, 0.2) is 66.7 Å². The lowest BCUT2D eigenvalue weighted by Gasteiger charge is -2.26. The number of alkyl halides is 1. The van der Waals surface area contributed by atoms with Crippen molar-refractivity contribution in [3.8, 4) is 0 Å². The van der Waals surface area contributed by atoms with Gasteiger partial charge in [0.05, 0.1) is 20.6 Å². The first-order valence-electron chi connectivity index (χ1n) is 7.31. The van der Waals surface area contributed by atoms with Crippen molar-refractivity contribution in [3.05, 3.63) is 77.9 Å². The van der Waals surface area contributed by atoms with Crippen LogP contribution in [0.2, 0.25) is 0 Å². The minimum Gasteiger partial charge on any atom is -1.00 e. The van der Waals surface area contributed by atoms with Gasteiger partial charge in [-0.3, -0.25) is 0 Å². The summed E-state index contributed by atoms with van der Waals surface area (Å²) in [5.74, 6) is 0. The molecule has 2 aromatic carbocycles. The van der Waals surface area contributed by atoms with Crippen molar-refractivity contribution < 1.29 is 28.5 Å². The minimum absolute atomic E-state index is 0. The van der Waals surface area contributed by atoms with Crippen LogP contribution in [0.3, 0.4) is 0 Å². The summed E-state index contributed by atoms with van der Waals surface area (Å²) in [7, 11) is 4.57. The van der Waals surface area contributed by atoms with Crippen molar-refractivity contribution in [3.63, 3.8) is 0 Å². The minimum atomic E-state index is 0. The average molecular weight is 519 g/mol. The quantitative estimate of drug-likeness (QED) is 0.237. The Labute approximate surface area is 165 Å². The zero-order chi connectivity index (χ0) is 15.1. The normalized spacial score (nSPS) is 10.7. The summed E-state index contributed by atoms with van der Waals surface area (Å²) < 4.78 is 2.19. The van der Waals surface area contributed by atoms with E-state index in [2.05, 4.69) is 103 Å². The van der Waals surface area contributed by atoms with Crippen LogP contribution in [0.1, 0.15) is 17.5 Å². The first-order valence-corrected chi connectivity index (χ1v) is 8.84. The molecule has 3 heteroatoms. The maximum absolute atomic E-state index is 2.46. The van der Waals surface area contributed by atoms with E-state index in [-0.39, 0.29) is 24.0 Å². The molecule has 0 saturated carbocycles. The van der Waals surface area contributed by atoms with Gasteiger partial charge in [-0.25, -0.2) is 0 Å². The molecule has 0 radical (unpaired) electrons. The van der Waals surface area contributed by atoms with Crippen LogP contribution in [0.25, 0.3) is 5.57 Å². The van der Waals surface area contributed by atoms with Crippen molar-refractivity contribution in [1.29, 1.82) is 0 Å². The number of hydrogen-bond acceptors (Lipinski definition) is 0. The molecule has 118 valence electrons. The van der Waals surface area contributed by atoms with Crippen molar-refractivity contribution in [1.82, 2.24) is 0 Å². The zero-order valence-electron chi connectivity index (χ0n) is 13.2. The Morgan fingerprint density at radius 2 is 1.36 bits per heavy atom. The summed E-state index contributed by atoms with van der Waals surface area (Å²) >= 11 is 2.46. The van der Waals surface area contributed by atoms with Crippen molar-refractivity contribution in [2.24, 2.45) is 0 Å². The third kappa shape index (κ3) is 6.01. The molecule has 2 aromatic rings. The Morgan fingerprint density at radius 3 is 1.77 bits per heavy atom. The Hall–Kier alpha value is -0.400. The molecule has 1 nitrogen and oxygen atoms in total. The first kappa shape index (κ1) is 19.6. The van der Waals surface area contributed by atoms with Crippen LogP contribution in [-0.4, -0.2) is 29.7 Å². The van der Waals surface area contributed by atoms with Gasteiger partial charge in [-0.05, 0) is 39.3 Å². The van der Waals surface area contributed by atoms with Gasteiger partial charge >= 0.3 is 0 Å². The van der Waals surface area contributed by atoms with Crippen molar-refractivity contribution in [2.45, 2.75) is 6.42 Å². The van der Waals surface area contributed by atoms with E-state index in [0.29, 0.717) is 0 Å². The molecule has 0 spiro atoms. The number of rotatable bonds is 6. The van der Waals surface area contributed by atoms with E-state index in [1.807, 2.05) is 0 Å². The molecule has 0 heterocycles. The molecule has 0 aliphatic heterocycles. The molecule has 0 N–H and O–H groups in total. The fraction of sp³-hybridized carbons (Fsp3) is 0.263. The van der Waals surface area contributed by atoms with Gasteiger partial charge in [-0.15, -0.1) is 0 Å². The summed E-state index contributed by atoms with van der Waals surface area (Å²) in [5.41, 5.74) is 3.93. The molecule has 0 aliphatic carbocycles. The smallest absolute Gasteiger partial charge is 0.129 e. The first-order chi connectivity index (χ1) is 10.1. The van der Waals surface area contributed by atoms with Gasteiger partial charge in [-0.2, -0.15) is 0 Å². The van der Waals surface area contributed by atoms with Crippen molar-refractivity contribution in [2.75, 3.05) is 25.2 Å². The molecule has 0 unspecified atom stereocenters. The SMILES string of the molecule is C[N+](C)(CI)CCC=C(c1ccccc1)c1ccccc1.[I-]. The Bertz CT molecular complexity index is 535. The second kappa shape index (κ2) is 9.67. The molecule has 0 aromatic heterocycles. The highest BCUT2D eigenvalue weighted by Crippen LogP contribution is 2.23. The standard InChI is InChI=1S/C19H23IN.HI/c1-21(2,16-20)15-9-14-19(17-10-5-3-6-11-17)18-12-7-4-8-13-18;/h3-8,10-14H,9,15-16H2,1-2H3;1H/q+1;/p-1. The van der Waals surface area contributed by atoms with Gasteiger partial charge in [0, 0.05) is 6.42 Å². The van der Waals surface area contributed by atoms with E-state index in [9.17, 15) is 0 Å². The van der Waals surface area contributed by atoms with E-state index in [1.54, 1.807) is 0 Å². The molecule has 0 fully saturated rings. The molecule has 0 saturated heterocycles. The third-order valence-electron chi connectivity index (χ3n) is 3.58. The van der Waals surface area contributed by atoms with E-state index < -0.39 is 0 Å². The van der Waals surface area contributed by atoms with Crippen LogP contribution in [0.5, 0.6) is 0 Å². The fourth-order valence-corrected chi connectivity index (χ4v) is 2.60. The highest BCUT2D eigenvalue weighted by molar-refractivity contribution is 14.1. The third-order valence-corrected chi connectivity index (χ3v) is 5.42.